The summed E-state index contributed by atoms with van der Waals surface area (Å²) in [5, 5.41) is 23.7. The lowest BCUT2D eigenvalue weighted by molar-refractivity contribution is -0.140. The van der Waals surface area contributed by atoms with Crippen LogP contribution in [-0.2, 0) is 16.0 Å². The van der Waals surface area contributed by atoms with Gasteiger partial charge in [0.25, 0.3) is 0 Å². The Kier molecular flexibility index (Phi) is 9.38. The van der Waals surface area contributed by atoms with Crippen molar-refractivity contribution in [1.29, 1.82) is 0 Å². The minimum atomic E-state index is -0.323. The molecule has 0 fully saturated rings. The molecular weight excluding hydrogens is 410 g/mol. The molecule has 0 heterocycles. The lowest BCUT2D eigenvalue weighted by atomic mass is 9.97. The lowest BCUT2D eigenvalue weighted by Gasteiger charge is -2.16. The molecule has 0 aliphatic carbocycles. The fraction of sp³-hybridized carbons (Fsp3) is 0.440. The number of oxime groups is 1. The number of phenolic OH excluding ortho intramolecular Hbond substituents is 1. The SMILES string of the molecule is COC(=O)CCc1cc(C(=NO)c2ccc(OCC(C)C)cc2O)ccc1OCC(C)C. The highest BCUT2D eigenvalue weighted by Crippen LogP contribution is 2.29. The van der Waals surface area contributed by atoms with Crippen molar-refractivity contribution in [2.75, 3.05) is 20.3 Å². The summed E-state index contributed by atoms with van der Waals surface area (Å²) in [5.74, 6) is 1.50. The Bertz CT molecular complexity index is 936. The van der Waals surface area contributed by atoms with E-state index in [9.17, 15) is 15.1 Å². The molecule has 0 saturated heterocycles. The van der Waals surface area contributed by atoms with Gasteiger partial charge < -0.3 is 24.5 Å². The molecule has 32 heavy (non-hydrogen) atoms. The van der Waals surface area contributed by atoms with Crippen molar-refractivity contribution in [2.24, 2.45) is 17.0 Å². The highest BCUT2D eigenvalue weighted by Gasteiger charge is 2.17. The molecule has 0 aromatic heterocycles. The number of rotatable bonds is 11. The van der Waals surface area contributed by atoms with E-state index in [1.165, 1.54) is 13.2 Å². The Morgan fingerprint density at radius 3 is 2.28 bits per heavy atom. The van der Waals surface area contributed by atoms with Gasteiger partial charge in [-0.1, -0.05) is 32.9 Å². The van der Waals surface area contributed by atoms with Crippen LogP contribution in [0.4, 0.5) is 0 Å². The van der Waals surface area contributed by atoms with E-state index >= 15 is 0 Å². The Labute approximate surface area is 189 Å². The highest BCUT2D eigenvalue weighted by atomic mass is 16.5. The van der Waals surface area contributed by atoms with Crippen molar-refractivity contribution in [2.45, 2.75) is 40.5 Å². The van der Waals surface area contributed by atoms with Gasteiger partial charge in [-0.2, -0.15) is 0 Å². The van der Waals surface area contributed by atoms with Crippen LogP contribution >= 0.6 is 0 Å². The van der Waals surface area contributed by atoms with Gasteiger partial charge in [0, 0.05) is 23.6 Å². The van der Waals surface area contributed by atoms with Crippen molar-refractivity contribution in [1.82, 2.24) is 0 Å². The van der Waals surface area contributed by atoms with E-state index in [0.717, 1.165) is 5.56 Å². The number of hydrogen-bond donors (Lipinski definition) is 2. The second-order valence-electron chi connectivity index (χ2n) is 8.44. The molecule has 2 rings (SSSR count). The zero-order chi connectivity index (χ0) is 23.7. The number of methoxy groups -OCH3 is 1. The summed E-state index contributed by atoms with van der Waals surface area (Å²) < 4.78 is 16.3. The fourth-order valence-corrected chi connectivity index (χ4v) is 2.99. The first-order valence-corrected chi connectivity index (χ1v) is 10.8. The number of esters is 1. The van der Waals surface area contributed by atoms with Crippen LogP contribution in [0.2, 0.25) is 0 Å². The standard InChI is InChI=1S/C25H33NO6/c1-16(2)14-31-20-8-9-21(22(27)13-20)25(26-29)19-6-10-23(32-15-17(3)4)18(12-19)7-11-24(28)30-5/h6,8-10,12-13,16-17,27,29H,7,11,14-15H2,1-5H3. The van der Waals surface area contributed by atoms with Crippen LogP contribution in [0.5, 0.6) is 17.2 Å². The first-order chi connectivity index (χ1) is 15.2. The Balaban J connectivity index is 2.35. The van der Waals surface area contributed by atoms with E-state index < -0.39 is 0 Å². The van der Waals surface area contributed by atoms with E-state index in [2.05, 4.69) is 19.0 Å². The number of aryl methyl sites for hydroxylation is 1. The molecule has 0 saturated carbocycles. The van der Waals surface area contributed by atoms with Crippen LogP contribution in [0.3, 0.4) is 0 Å². The van der Waals surface area contributed by atoms with Gasteiger partial charge in [-0.05, 0) is 54.2 Å². The quantitative estimate of drug-likeness (QED) is 0.224. The number of carbonyl (C=O) groups is 1. The number of hydrogen-bond acceptors (Lipinski definition) is 7. The van der Waals surface area contributed by atoms with Gasteiger partial charge >= 0.3 is 5.97 Å². The first-order valence-electron chi connectivity index (χ1n) is 10.8. The smallest absolute Gasteiger partial charge is 0.305 e. The number of benzene rings is 2. The molecule has 0 amide bonds. The zero-order valence-electron chi connectivity index (χ0n) is 19.4. The van der Waals surface area contributed by atoms with Gasteiger partial charge in [-0.15, -0.1) is 0 Å². The van der Waals surface area contributed by atoms with Gasteiger partial charge in [0.2, 0.25) is 0 Å². The molecule has 2 aromatic rings. The van der Waals surface area contributed by atoms with Crippen molar-refractivity contribution in [3.63, 3.8) is 0 Å². The highest BCUT2D eigenvalue weighted by molar-refractivity contribution is 6.14. The first kappa shape index (κ1) is 25.0. The van der Waals surface area contributed by atoms with Gasteiger partial charge in [0.05, 0.1) is 20.3 Å². The van der Waals surface area contributed by atoms with Crippen LogP contribution in [0.15, 0.2) is 41.6 Å². The molecule has 0 radical (unpaired) electrons. The maximum absolute atomic E-state index is 11.7. The lowest BCUT2D eigenvalue weighted by Crippen LogP contribution is -2.10. The van der Waals surface area contributed by atoms with Crippen molar-refractivity contribution in [3.05, 3.63) is 53.1 Å². The molecule has 0 aliphatic rings. The molecule has 7 nitrogen and oxygen atoms in total. The molecule has 2 N–H and O–H groups in total. The third kappa shape index (κ3) is 7.18. The molecule has 0 spiro atoms. The van der Waals surface area contributed by atoms with E-state index in [0.29, 0.717) is 54.1 Å². The van der Waals surface area contributed by atoms with Gasteiger partial charge in [0.15, 0.2) is 0 Å². The van der Waals surface area contributed by atoms with Gasteiger partial charge in [-0.3, -0.25) is 4.79 Å². The van der Waals surface area contributed by atoms with E-state index in [4.69, 9.17) is 14.2 Å². The summed E-state index contributed by atoms with van der Waals surface area (Å²) >= 11 is 0. The van der Waals surface area contributed by atoms with Crippen molar-refractivity contribution in [3.8, 4) is 17.2 Å². The number of aromatic hydroxyl groups is 1. The Morgan fingerprint density at radius 1 is 1.00 bits per heavy atom. The second kappa shape index (κ2) is 12.0. The van der Waals surface area contributed by atoms with E-state index in [1.54, 1.807) is 30.3 Å². The van der Waals surface area contributed by atoms with Crippen molar-refractivity contribution < 1.29 is 29.3 Å². The average Bonchev–Trinajstić information content (AvgIpc) is 2.76. The molecule has 174 valence electrons. The maximum atomic E-state index is 11.7. The zero-order valence-corrected chi connectivity index (χ0v) is 19.4. The van der Waals surface area contributed by atoms with Crippen LogP contribution in [-0.4, -0.2) is 42.3 Å². The Morgan fingerprint density at radius 2 is 1.69 bits per heavy atom. The van der Waals surface area contributed by atoms with Crippen LogP contribution in [0, 0.1) is 11.8 Å². The molecule has 0 aliphatic heterocycles. The minimum Gasteiger partial charge on any atom is -0.507 e. The normalized spacial score (nSPS) is 11.7. The second-order valence-corrected chi connectivity index (χ2v) is 8.44. The number of phenols is 1. The molecule has 0 unspecified atom stereocenters. The third-order valence-electron chi connectivity index (χ3n) is 4.64. The molecule has 2 aromatic carbocycles. The predicted molar refractivity (Wildman–Crippen MR) is 123 cm³/mol. The van der Waals surface area contributed by atoms with E-state index in [1.807, 2.05) is 13.8 Å². The fourth-order valence-electron chi connectivity index (χ4n) is 2.99. The summed E-state index contributed by atoms with van der Waals surface area (Å²) in [4.78, 5) is 11.7. The van der Waals surface area contributed by atoms with Gasteiger partial charge in [0.1, 0.15) is 23.0 Å². The van der Waals surface area contributed by atoms with Gasteiger partial charge in [-0.25, -0.2) is 0 Å². The Hall–Kier alpha value is -3.22. The summed E-state index contributed by atoms with van der Waals surface area (Å²) in [6.07, 6.45) is 0.595. The molecular formula is C25H33NO6. The summed E-state index contributed by atoms with van der Waals surface area (Å²) in [6.45, 7) is 9.24. The topological polar surface area (TPSA) is 97.6 Å². The number of carbonyl (C=O) groups excluding carboxylic acids is 1. The largest absolute Gasteiger partial charge is 0.507 e. The monoisotopic (exact) mass is 443 g/mol. The number of ether oxygens (including phenoxy) is 3. The van der Waals surface area contributed by atoms with Crippen LogP contribution < -0.4 is 9.47 Å². The minimum absolute atomic E-state index is 0.0599. The molecule has 0 atom stereocenters. The predicted octanol–water partition coefficient (Wildman–Crippen LogP) is 4.79. The third-order valence-corrected chi connectivity index (χ3v) is 4.64. The van der Waals surface area contributed by atoms with Crippen molar-refractivity contribution >= 4 is 11.7 Å². The molecule has 0 bridgehead atoms. The summed E-state index contributed by atoms with van der Waals surface area (Å²) in [5.41, 5.74) is 1.92. The number of nitrogens with zero attached hydrogens (tertiary/aromatic N) is 1. The van der Waals surface area contributed by atoms with Crippen LogP contribution in [0.1, 0.15) is 50.8 Å². The average molecular weight is 444 g/mol. The van der Waals surface area contributed by atoms with Crippen LogP contribution in [0.25, 0.3) is 0 Å². The summed E-state index contributed by atoms with van der Waals surface area (Å²) in [7, 11) is 1.35. The summed E-state index contributed by atoms with van der Waals surface area (Å²) in [6, 6.07) is 10.2. The van der Waals surface area contributed by atoms with E-state index in [-0.39, 0.29) is 23.9 Å². The molecule has 7 heteroatoms. The maximum Gasteiger partial charge on any atom is 0.305 e.